The molecule has 1 unspecified atom stereocenters. The quantitative estimate of drug-likeness (QED) is 0.311. The van der Waals surface area contributed by atoms with E-state index in [1.807, 2.05) is 7.05 Å². The van der Waals surface area contributed by atoms with Crippen LogP contribution in [0.1, 0.15) is 67.8 Å². The fourth-order valence-corrected chi connectivity index (χ4v) is 5.06. The third-order valence-corrected chi connectivity index (χ3v) is 6.86. The van der Waals surface area contributed by atoms with E-state index in [1.54, 1.807) is 0 Å². The topological polar surface area (TPSA) is 36.4 Å². The van der Waals surface area contributed by atoms with Crippen LogP contribution >= 0.6 is 0 Å². The second-order valence-electron chi connectivity index (χ2n) is 9.75. The number of hydrogen-bond donors (Lipinski definition) is 2. The molecule has 3 heteroatoms. The molecule has 2 N–H and O–H groups in total. The Bertz CT molecular complexity index is 1330. The molecule has 1 aliphatic carbocycles. The molecule has 4 aromatic carbocycles. The summed E-state index contributed by atoms with van der Waals surface area (Å²) in [4.78, 5) is 5.49. The average molecular weight is 448 g/mol. The fraction of sp³-hybridized carbons (Fsp3) is 0.258. The number of aliphatic imine (C=N–C) groups is 1. The Balaban J connectivity index is 1.71. The van der Waals surface area contributed by atoms with Crippen LogP contribution in [0.15, 0.2) is 83.9 Å². The number of nitrogens with one attached hydrogen (secondary N) is 2. The molecule has 0 bridgehead atoms. The minimum Gasteiger partial charge on any atom is -0.388 e. The van der Waals surface area contributed by atoms with Crippen LogP contribution in [-0.2, 0) is 0 Å². The molecule has 0 saturated carbocycles. The highest BCUT2D eigenvalue weighted by molar-refractivity contribution is 6.22. The minimum atomic E-state index is -0.0123. The van der Waals surface area contributed by atoms with Crippen LogP contribution < -0.4 is 10.6 Å². The summed E-state index contributed by atoms with van der Waals surface area (Å²) in [7, 11) is 1.94. The molecule has 34 heavy (non-hydrogen) atoms. The molecule has 0 spiro atoms. The van der Waals surface area contributed by atoms with E-state index in [9.17, 15) is 0 Å². The first kappa shape index (κ1) is 22.2. The predicted octanol–water partition coefficient (Wildman–Crippen LogP) is 8.42. The zero-order valence-electron chi connectivity index (χ0n) is 20.7. The van der Waals surface area contributed by atoms with Crippen molar-refractivity contribution in [2.75, 3.05) is 17.7 Å². The van der Waals surface area contributed by atoms with Crippen molar-refractivity contribution in [2.45, 2.75) is 45.6 Å². The second kappa shape index (κ2) is 8.98. The lowest BCUT2D eigenvalue weighted by molar-refractivity contribution is 0.834. The van der Waals surface area contributed by atoms with E-state index in [0.29, 0.717) is 11.8 Å². The maximum Gasteiger partial charge on any atom is 0.0952 e. The first-order valence-corrected chi connectivity index (χ1v) is 12.3. The highest BCUT2D eigenvalue weighted by atomic mass is 15.0. The number of anilines is 2. The molecule has 172 valence electrons. The van der Waals surface area contributed by atoms with Crippen molar-refractivity contribution in [2.24, 2.45) is 4.99 Å². The van der Waals surface area contributed by atoms with E-state index in [1.165, 1.54) is 33.0 Å². The average Bonchev–Trinajstić information content (AvgIpc) is 3.13. The van der Waals surface area contributed by atoms with Crippen LogP contribution in [0.25, 0.3) is 10.8 Å². The Morgan fingerprint density at radius 3 is 1.91 bits per heavy atom. The van der Waals surface area contributed by atoms with Gasteiger partial charge < -0.3 is 10.6 Å². The highest BCUT2D eigenvalue weighted by Crippen LogP contribution is 2.42. The minimum absolute atomic E-state index is 0.0123. The van der Waals surface area contributed by atoms with Gasteiger partial charge in [0.05, 0.1) is 17.4 Å². The van der Waals surface area contributed by atoms with Gasteiger partial charge in [-0.3, -0.25) is 0 Å². The van der Waals surface area contributed by atoms with E-state index in [-0.39, 0.29) is 6.04 Å². The van der Waals surface area contributed by atoms with Gasteiger partial charge in [0.2, 0.25) is 0 Å². The summed E-state index contributed by atoms with van der Waals surface area (Å²) in [6, 6.07) is 28.3. The Labute approximate surface area is 203 Å². The normalized spacial score (nSPS) is 16.1. The molecule has 0 amide bonds. The van der Waals surface area contributed by atoms with Crippen LogP contribution in [0.3, 0.4) is 0 Å². The lowest BCUT2D eigenvalue weighted by atomic mass is 9.92. The van der Waals surface area contributed by atoms with E-state index in [0.717, 1.165) is 22.8 Å². The molecule has 1 aliphatic rings. The van der Waals surface area contributed by atoms with Crippen LogP contribution in [0, 0.1) is 0 Å². The molecule has 4 aromatic rings. The van der Waals surface area contributed by atoms with Crippen molar-refractivity contribution in [1.29, 1.82) is 0 Å². The van der Waals surface area contributed by atoms with E-state index in [4.69, 9.17) is 4.99 Å². The summed E-state index contributed by atoms with van der Waals surface area (Å²) < 4.78 is 0. The summed E-state index contributed by atoms with van der Waals surface area (Å²) >= 11 is 0. The summed E-state index contributed by atoms with van der Waals surface area (Å²) in [5.74, 6) is 0.802. The lowest BCUT2D eigenvalue weighted by Gasteiger charge is -2.21. The van der Waals surface area contributed by atoms with Gasteiger partial charge >= 0.3 is 0 Å². The van der Waals surface area contributed by atoms with E-state index < -0.39 is 0 Å². The molecule has 3 nitrogen and oxygen atoms in total. The van der Waals surface area contributed by atoms with Crippen LogP contribution in [0.4, 0.5) is 17.1 Å². The van der Waals surface area contributed by atoms with Crippen molar-refractivity contribution in [3.8, 4) is 0 Å². The van der Waals surface area contributed by atoms with E-state index in [2.05, 4.69) is 117 Å². The van der Waals surface area contributed by atoms with Crippen molar-refractivity contribution in [3.63, 3.8) is 0 Å². The number of hydrogen-bond acceptors (Lipinski definition) is 3. The number of nitrogens with zero attached hydrogens (tertiary/aromatic N) is 1. The van der Waals surface area contributed by atoms with Gasteiger partial charge in [-0.15, -0.1) is 0 Å². The first-order valence-electron chi connectivity index (χ1n) is 12.3. The maximum absolute atomic E-state index is 5.49. The molecule has 0 saturated heterocycles. The summed E-state index contributed by atoms with van der Waals surface area (Å²) in [5.41, 5.74) is 9.54. The molecule has 0 aliphatic heterocycles. The standard InChI is InChI=1S/C31H33N3/c1-19(2)24-11-8-12-25(20(3)4)29(24)34-31-27-14-7-10-21-9-6-13-26(28(21)27)30(31)33-23-17-15-22(32-5)16-18-23/h6-20,30,32-33H,1-5H3. The van der Waals surface area contributed by atoms with Crippen molar-refractivity contribution >= 4 is 33.5 Å². The number of rotatable bonds is 6. The van der Waals surface area contributed by atoms with Crippen LogP contribution in [-0.4, -0.2) is 12.8 Å². The molecule has 0 aromatic heterocycles. The Kier molecular flexibility index (Phi) is 5.87. The molecule has 1 atom stereocenters. The summed E-state index contributed by atoms with van der Waals surface area (Å²) in [6.07, 6.45) is 0. The molecular weight excluding hydrogens is 414 g/mol. The third kappa shape index (κ3) is 3.86. The molecule has 0 fully saturated rings. The maximum atomic E-state index is 5.49. The van der Waals surface area contributed by atoms with Gasteiger partial charge in [-0.25, -0.2) is 4.99 Å². The molecular formula is C31H33N3. The van der Waals surface area contributed by atoms with Gasteiger partial charge in [0, 0.05) is 24.0 Å². The fourth-order valence-electron chi connectivity index (χ4n) is 5.06. The van der Waals surface area contributed by atoms with Crippen molar-refractivity contribution < 1.29 is 0 Å². The zero-order valence-corrected chi connectivity index (χ0v) is 20.7. The predicted molar refractivity (Wildman–Crippen MR) is 147 cm³/mol. The van der Waals surface area contributed by atoms with Gasteiger partial charge in [0.1, 0.15) is 0 Å². The van der Waals surface area contributed by atoms with Gasteiger partial charge in [-0.05, 0) is 63.6 Å². The first-order chi connectivity index (χ1) is 16.5. The van der Waals surface area contributed by atoms with Gasteiger partial charge in [-0.2, -0.15) is 0 Å². The Morgan fingerprint density at radius 2 is 1.29 bits per heavy atom. The summed E-state index contributed by atoms with van der Waals surface area (Å²) in [5, 5.41) is 9.58. The second-order valence-corrected chi connectivity index (χ2v) is 9.75. The van der Waals surface area contributed by atoms with Gasteiger partial charge in [-0.1, -0.05) is 82.3 Å². The van der Waals surface area contributed by atoms with Gasteiger partial charge in [0.25, 0.3) is 0 Å². The molecule has 0 heterocycles. The lowest BCUT2D eigenvalue weighted by Crippen LogP contribution is -2.17. The monoisotopic (exact) mass is 447 g/mol. The molecule has 5 rings (SSSR count). The summed E-state index contributed by atoms with van der Waals surface area (Å²) in [6.45, 7) is 9.02. The van der Waals surface area contributed by atoms with Crippen LogP contribution in [0.5, 0.6) is 0 Å². The van der Waals surface area contributed by atoms with Gasteiger partial charge in [0.15, 0.2) is 0 Å². The van der Waals surface area contributed by atoms with E-state index >= 15 is 0 Å². The third-order valence-electron chi connectivity index (χ3n) is 6.86. The number of benzene rings is 4. The SMILES string of the molecule is CNc1ccc(NC2C(=Nc3c(C(C)C)cccc3C(C)C)c3cccc4cccc2c34)cc1. The highest BCUT2D eigenvalue weighted by Gasteiger charge is 2.31. The largest absolute Gasteiger partial charge is 0.388 e. The van der Waals surface area contributed by atoms with Crippen molar-refractivity contribution in [3.05, 3.63) is 101 Å². The Hall–Kier alpha value is -3.59. The molecule has 0 radical (unpaired) electrons. The zero-order chi connectivity index (χ0) is 23.8. The van der Waals surface area contributed by atoms with Crippen LogP contribution in [0.2, 0.25) is 0 Å². The van der Waals surface area contributed by atoms with Crippen molar-refractivity contribution in [1.82, 2.24) is 0 Å². The Morgan fingerprint density at radius 1 is 0.706 bits per heavy atom. The number of para-hydroxylation sites is 1. The smallest absolute Gasteiger partial charge is 0.0952 e.